The van der Waals surface area contributed by atoms with Crippen molar-refractivity contribution in [2.75, 3.05) is 0 Å². The topological polar surface area (TPSA) is 54.5 Å². The van der Waals surface area contributed by atoms with Crippen molar-refractivity contribution in [3.8, 4) is 0 Å². The number of fused-ring (bicyclic) bond motifs is 1. The molecule has 0 spiro atoms. The molecule has 2 aromatic rings. The van der Waals surface area contributed by atoms with E-state index >= 15 is 0 Å². The second-order valence-electron chi connectivity index (χ2n) is 4.46. The second-order valence-corrected chi connectivity index (χ2v) is 6.85. The molecule has 0 aliphatic carbocycles. The third kappa shape index (κ3) is 2.09. The largest absolute Gasteiger partial charge is 0.324 e. The number of rotatable bonds is 2. The Kier molecular flexibility index (Phi) is 2.76. The molecule has 1 heterocycles. The van der Waals surface area contributed by atoms with E-state index in [0.29, 0.717) is 0 Å². The van der Waals surface area contributed by atoms with Gasteiger partial charge in [0, 0.05) is 10.7 Å². The van der Waals surface area contributed by atoms with Crippen LogP contribution in [0, 0.1) is 0 Å². The summed E-state index contributed by atoms with van der Waals surface area (Å²) >= 11 is 0. The fourth-order valence-corrected chi connectivity index (χ4v) is 3.68. The molecule has 3 rings (SSSR count). The normalized spacial score (nSPS) is 19.5. The minimum atomic E-state index is -4.01. The third-order valence-corrected chi connectivity index (χ3v) is 4.66. The number of hydrogen-bond donors (Lipinski definition) is 0. The van der Waals surface area contributed by atoms with Gasteiger partial charge in [-0.15, -0.1) is 0 Å². The minimum Gasteiger partial charge on any atom is -0.274 e. The molecule has 0 aromatic heterocycles. The molecule has 1 aliphatic rings. The molecule has 19 heavy (non-hydrogen) atoms. The first-order valence-corrected chi connectivity index (χ1v) is 7.99. The molecule has 1 saturated heterocycles. The Morgan fingerprint density at radius 1 is 1.11 bits per heavy atom. The summed E-state index contributed by atoms with van der Waals surface area (Å²) in [6.07, 6.45) is 0.171. The molecule has 1 unspecified atom stereocenters. The number of nitrogens with zero attached hydrogens (tertiary/aromatic N) is 1. The number of β-lactam (4-membered cyclic amide) rings is 1. The van der Waals surface area contributed by atoms with Gasteiger partial charge in [-0.2, -0.15) is 8.42 Å². The summed E-state index contributed by atoms with van der Waals surface area (Å²) in [5.41, 5.74) is 0.780. The summed E-state index contributed by atoms with van der Waals surface area (Å²) in [4.78, 5) is 11.4. The molecule has 0 bridgehead atoms. The van der Waals surface area contributed by atoms with Crippen molar-refractivity contribution in [2.45, 2.75) is 12.5 Å². The van der Waals surface area contributed by atoms with Crippen LogP contribution in [0.15, 0.2) is 42.5 Å². The molecule has 1 amide bonds. The average Bonchev–Trinajstić information content (AvgIpc) is 2.33. The van der Waals surface area contributed by atoms with Gasteiger partial charge in [0.15, 0.2) is 0 Å². The zero-order valence-electron chi connectivity index (χ0n) is 9.78. The number of carbonyl (C=O) groups is 1. The van der Waals surface area contributed by atoms with E-state index in [1.165, 1.54) is 0 Å². The first-order chi connectivity index (χ1) is 8.97. The van der Waals surface area contributed by atoms with Crippen LogP contribution in [0.25, 0.3) is 10.8 Å². The number of hydrogen-bond acceptors (Lipinski definition) is 3. The average molecular weight is 296 g/mol. The number of carbonyl (C=O) groups excluding carboxylic acids is 1. The first kappa shape index (κ1) is 12.4. The predicted octanol–water partition coefficient (Wildman–Crippen LogP) is 2.60. The van der Waals surface area contributed by atoms with Crippen LogP contribution in [0.1, 0.15) is 18.0 Å². The summed E-state index contributed by atoms with van der Waals surface area (Å²) in [6, 6.07) is 12.9. The molecule has 4 nitrogen and oxygen atoms in total. The Morgan fingerprint density at radius 2 is 1.79 bits per heavy atom. The number of amides is 1. The van der Waals surface area contributed by atoms with Crippen molar-refractivity contribution < 1.29 is 13.2 Å². The maximum atomic E-state index is 11.4. The summed E-state index contributed by atoms with van der Waals surface area (Å²) in [5, 5.41) is 2.07. The second kappa shape index (κ2) is 4.21. The van der Waals surface area contributed by atoms with Crippen molar-refractivity contribution in [1.29, 1.82) is 0 Å². The van der Waals surface area contributed by atoms with Gasteiger partial charge in [-0.1, -0.05) is 36.4 Å². The highest BCUT2D eigenvalue weighted by Gasteiger charge is 2.44. The molecule has 0 N–H and O–H groups in total. The van der Waals surface area contributed by atoms with Crippen LogP contribution < -0.4 is 0 Å². The van der Waals surface area contributed by atoms with Crippen molar-refractivity contribution >= 4 is 36.6 Å². The summed E-state index contributed by atoms with van der Waals surface area (Å²) in [6.45, 7) is 0. The van der Waals surface area contributed by atoms with E-state index in [-0.39, 0.29) is 6.42 Å². The third-order valence-electron chi connectivity index (χ3n) is 3.29. The monoisotopic (exact) mass is 295 g/mol. The van der Waals surface area contributed by atoms with Crippen LogP contribution >= 0.6 is 10.7 Å². The van der Waals surface area contributed by atoms with Gasteiger partial charge in [0.1, 0.15) is 0 Å². The Morgan fingerprint density at radius 3 is 2.42 bits per heavy atom. The van der Waals surface area contributed by atoms with Crippen molar-refractivity contribution in [3.05, 3.63) is 48.0 Å². The van der Waals surface area contributed by atoms with Crippen LogP contribution in [0.5, 0.6) is 0 Å². The van der Waals surface area contributed by atoms with E-state index < -0.39 is 21.2 Å². The lowest BCUT2D eigenvalue weighted by atomic mass is 9.95. The summed E-state index contributed by atoms with van der Waals surface area (Å²) in [7, 11) is 1.26. The quantitative estimate of drug-likeness (QED) is 0.632. The van der Waals surface area contributed by atoms with Gasteiger partial charge in [0.25, 0.3) is 0 Å². The molecule has 1 aliphatic heterocycles. The van der Waals surface area contributed by atoms with Gasteiger partial charge in [0.05, 0.1) is 12.5 Å². The molecule has 1 fully saturated rings. The van der Waals surface area contributed by atoms with E-state index in [1.807, 2.05) is 42.5 Å². The lowest BCUT2D eigenvalue weighted by Crippen LogP contribution is -2.47. The van der Waals surface area contributed by atoms with Crippen molar-refractivity contribution in [1.82, 2.24) is 4.31 Å². The summed E-state index contributed by atoms with van der Waals surface area (Å²) < 4.78 is 23.4. The molecule has 98 valence electrons. The lowest BCUT2D eigenvalue weighted by Gasteiger charge is -2.37. The Bertz CT molecular complexity index is 772. The van der Waals surface area contributed by atoms with Crippen molar-refractivity contribution in [2.24, 2.45) is 0 Å². The van der Waals surface area contributed by atoms with Crippen LogP contribution in [-0.2, 0) is 14.0 Å². The molecule has 0 radical (unpaired) electrons. The van der Waals surface area contributed by atoms with Gasteiger partial charge >= 0.3 is 9.24 Å². The van der Waals surface area contributed by atoms with Crippen LogP contribution in [0.3, 0.4) is 0 Å². The van der Waals surface area contributed by atoms with Crippen LogP contribution in [-0.4, -0.2) is 18.6 Å². The predicted molar refractivity (Wildman–Crippen MR) is 72.9 cm³/mol. The Labute approximate surface area is 115 Å². The molecule has 2 aromatic carbocycles. The van der Waals surface area contributed by atoms with E-state index in [9.17, 15) is 13.2 Å². The van der Waals surface area contributed by atoms with Crippen LogP contribution in [0.2, 0.25) is 0 Å². The van der Waals surface area contributed by atoms with Crippen LogP contribution in [0.4, 0.5) is 0 Å². The van der Waals surface area contributed by atoms with E-state index in [2.05, 4.69) is 0 Å². The van der Waals surface area contributed by atoms with Gasteiger partial charge in [0.2, 0.25) is 5.91 Å². The molecule has 1 atom stereocenters. The SMILES string of the molecule is O=C1CC(c2ccc3ccccc3c2)N1S(=O)(=O)Cl. The Hall–Kier alpha value is -1.59. The summed E-state index contributed by atoms with van der Waals surface area (Å²) in [5.74, 6) is -0.465. The molecule has 0 saturated carbocycles. The first-order valence-electron chi connectivity index (χ1n) is 5.72. The van der Waals surface area contributed by atoms with Gasteiger partial charge in [-0.05, 0) is 22.4 Å². The highest BCUT2D eigenvalue weighted by Crippen LogP contribution is 2.38. The van der Waals surface area contributed by atoms with Gasteiger partial charge < -0.3 is 0 Å². The molecule has 6 heteroatoms. The molecular formula is C13H10ClNO3S. The lowest BCUT2D eigenvalue weighted by molar-refractivity contribution is -0.137. The minimum absolute atomic E-state index is 0.171. The molecular weight excluding hydrogens is 286 g/mol. The Balaban J connectivity index is 2.03. The van der Waals surface area contributed by atoms with E-state index in [4.69, 9.17) is 10.7 Å². The van der Waals surface area contributed by atoms with Crippen molar-refractivity contribution in [3.63, 3.8) is 0 Å². The van der Waals surface area contributed by atoms with Gasteiger partial charge in [-0.3, -0.25) is 4.79 Å². The standard InChI is InChI=1S/C13H10ClNO3S/c14-19(17,18)15-12(8-13(15)16)11-6-5-9-3-1-2-4-10(9)7-11/h1-7,12H,8H2. The van der Waals surface area contributed by atoms with E-state index in [0.717, 1.165) is 20.6 Å². The number of halogens is 1. The number of benzene rings is 2. The highest BCUT2D eigenvalue weighted by atomic mass is 35.7. The van der Waals surface area contributed by atoms with E-state index in [1.54, 1.807) is 0 Å². The highest BCUT2D eigenvalue weighted by molar-refractivity contribution is 8.12. The fraction of sp³-hybridized carbons (Fsp3) is 0.154. The zero-order valence-corrected chi connectivity index (χ0v) is 11.4. The zero-order chi connectivity index (χ0) is 13.6. The smallest absolute Gasteiger partial charge is 0.274 e. The fourth-order valence-electron chi connectivity index (χ4n) is 2.34. The van der Waals surface area contributed by atoms with Gasteiger partial charge in [-0.25, -0.2) is 4.31 Å². The maximum Gasteiger partial charge on any atom is 0.324 e. The maximum absolute atomic E-state index is 11.4.